The molecule has 1 aliphatic carbocycles. The molecule has 0 nitrogen and oxygen atoms in total. The number of allylic oxidation sites excluding steroid dienone is 5. The molecule has 0 N–H and O–H groups in total. The van der Waals surface area contributed by atoms with Crippen molar-refractivity contribution in [1.29, 1.82) is 0 Å². The molecule has 1 rings (SSSR count). The topological polar surface area (TPSA) is 0 Å². The predicted molar refractivity (Wildman–Crippen MR) is 36.4 cm³/mol. The van der Waals surface area contributed by atoms with E-state index in [2.05, 4.69) is 24.8 Å². The molecule has 0 atom stereocenters. The molecule has 1 aliphatic rings. The van der Waals surface area contributed by atoms with Crippen LogP contribution in [-0.4, -0.2) is 0 Å². The van der Waals surface area contributed by atoms with Crippen LogP contribution >= 0.6 is 0 Å². The van der Waals surface area contributed by atoms with Gasteiger partial charge in [0.1, 0.15) is 0 Å². The zero-order chi connectivity index (χ0) is 5.82. The van der Waals surface area contributed by atoms with Crippen LogP contribution in [0.2, 0.25) is 0 Å². The van der Waals surface area contributed by atoms with Crippen LogP contribution in [0.25, 0.3) is 0 Å². The molecular weight excluding hydrogens is 192 g/mol. The first-order valence-corrected chi connectivity index (χ1v) is 2.80. The van der Waals surface area contributed by atoms with Crippen molar-refractivity contribution in [3.05, 3.63) is 36.5 Å². The molecule has 0 aromatic carbocycles. The summed E-state index contributed by atoms with van der Waals surface area (Å²) >= 11 is 0. The van der Waals surface area contributed by atoms with Gasteiger partial charge in [-0.25, -0.2) is 11.6 Å². The second-order valence-electron chi connectivity index (χ2n) is 1.80. The van der Waals surface area contributed by atoms with E-state index in [0.717, 1.165) is 12.8 Å². The van der Waals surface area contributed by atoms with Gasteiger partial charge in [-0.15, -0.1) is 13.0 Å². The molecule has 0 aromatic rings. The van der Waals surface area contributed by atoms with Crippen molar-refractivity contribution in [2.75, 3.05) is 0 Å². The molecule has 1 heteroatoms. The van der Waals surface area contributed by atoms with Crippen molar-refractivity contribution in [1.82, 2.24) is 0 Å². The second kappa shape index (κ2) is 4.76. The average Bonchev–Trinajstić information content (AvgIpc) is 2.19. The van der Waals surface area contributed by atoms with Crippen LogP contribution in [0.1, 0.15) is 14.3 Å². The van der Waals surface area contributed by atoms with E-state index in [1.54, 1.807) is 0 Å². The quantitative estimate of drug-likeness (QED) is 0.366. The first-order valence-electron chi connectivity index (χ1n) is 2.80. The molecule has 0 unspecified atom stereocenters. The molecule has 9 heavy (non-hydrogen) atoms. The predicted octanol–water partition coefficient (Wildman–Crippen LogP) is 2.36. The van der Waals surface area contributed by atoms with Gasteiger partial charge in [-0.3, -0.25) is 6.08 Å². The van der Waals surface area contributed by atoms with Crippen molar-refractivity contribution in [2.45, 2.75) is 12.8 Å². The molecule has 0 spiro atoms. The summed E-state index contributed by atoms with van der Waals surface area (Å²) in [6, 6.07) is 0. The van der Waals surface area contributed by atoms with Crippen molar-refractivity contribution in [3.63, 3.8) is 0 Å². The fraction of sp³-hybridized carbons (Fsp3) is 0.250. The van der Waals surface area contributed by atoms with E-state index in [-0.39, 0.29) is 22.5 Å². The van der Waals surface area contributed by atoms with Crippen LogP contribution in [0.3, 0.4) is 0 Å². The zero-order valence-electron chi connectivity index (χ0n) is 6.26. The normalized spacial score (nSPS) is 14.4. The number of hydrogen-bond acceptors (Lipinski definition) is 0. The van der Waals surface area contributed by atoms with Crippen molar-refractivity contribution < 1.29 is 22.5 Å². The molecule has 0 bridgehead atoms. The van der Waals surface area contributed by atoms with Gasteiger partial charge in [0.05, 0.1) is 0 Å². The van der Waals surface area contributed by atoms with Gasteiger partial charge in [0.15, 0.2) is 0 Å². The van der Waals surface area contributed by atoms with E-state index in [1.807, 2.05) is 6.08 Å². The van der Waals surface area contributed by atoms with Crippen molar-refractivity contribution in [3.8, 4) is 0 Å². The zero-order valence-corrected chi connectivity index (χ0v) is 7.27. The van der Waals surface area contributed by atoms with E-state index in [9.17, 15) is 0 Å². The third-order valence-corrected chi connectivity index (χ3v) is 1.13. The Morgan fingerprint density at radius 2 is 2.67 bits per heavy atom. The molecule has 0 radical (unpaired) electrons. The summed E-state index contributed by atoms with van der Waals surface area (Å²) < 4.78 is 0. The average molecular weight is 202 g/mol. The summed E-state index contributed by atoms with van der Waals surface area (Å²) in [5.74, 6) is 0. The van der Waals surface area contributed by atoms with Gasteiger partial charge in [0, 0.05) is 21.1 Å². The Balaban J connectivity index is 0. The van der Waals surface area contributed by atoms with E-state index in [0.29, 0.717) is 0 Å². The molecule has 0 fully saturated rings. The SMILES string of the molecule is C=CCC1=[C-]CC=C1.[H-].[Mo]. The molecule has 0 amide bonds. The van der Waals surface area contributed by atoms with Gasteiger partial charge < -0.3 is 1.43 Å². The summed E-state index contributed by atoms with van der Waals surface area (Å²) in [6.07, 6.45) is 11.3. The van der Waals surface area contributed by atoms with Gasteiger partial charge in [0.25, 0.3) is 0 Å². The molecule has 0 saturated carbocycles. The summed E-state index contributed by atoms with van der Waals surface area (Å²) in [7, 11) is 0. The summed E-state index contributed by atoms with van der Waals surface area (Å²) in [4.78, 5) is 0. The fourth-order valence-corrected chi connectivity index (χ4v) is 0.746. The Hall–Kier alpha value is -0.0917. The number of rotatable bonds is 2. The molecule has 0 aromatic heterocycles. The van der Waals surface area contributed by atoms with Gasteiger partial charge in [0.2, 0.25) is 0 Å². The summed E-state index contributed by atoms with van der Waals surface area (Å²) in [6.45, 7) is 3.63. The first-order chi connectivity index (χ1) is 3.93. The fourth-order valence-electron chi connectivity index (χ4n) is 0.746. The van der Waals surface area contributed by atoms with Crippen molar-refractivity contribution >= 4 is 0 Å². The number of hydrogen-bond donors (Lipinski definition) is 0. The Morgan fingerprint density at radius 3 is 3.11 bits per heavy atom. The van der Waals surface area contributed by atoms with Crippen LogP contribution in [0, 0.1) is 6.08 Å². The minimum atomic E-state index is 0. The third-order valence-electron chi connectivity index (χ3n) is 1.13. The van der Waals surface area contributed by atoms with Crippen LogP contribution in [0.15, 0.2) is 30.4 Å². The van der Waals surface area contributed by atoms with Crippen LogP contribution < -0.4 is 0 Å². The first kappa shape index (κ1) is 8.91. The third kappa shape index (κ3) is 2.81. The molecule has 0 heterocycles. The van der Waals surface area contributed by atoms with E-state index in [4.69, 9.17) is 0 Å². The standard InChI is InChI=1S/C8H9.Mo.H/c1-2-5-8-6-3-4-7-8;;/h2-3,6H,1,4-5H2;;/q-1;;-1. The minimum absolute atomic E-state index is 0. The van der Waals surface area contributed by atoms with Crippen molar-refractivity contribution in [2.24, 2.45) is 0 Å². The molecular formula is C8H10Mo-2. The summed E-state index contributed by atoms with van der Waals surface area (Å²) in [5.41, 5.74) is 1.28. The Bertz CT molecular complexity index is 147. The van der Waals surface area contributed by atoms with Gasteiger partial charge in [-0.2, -0.15) is 6.08 Å². The molecule has 0 aliphatic heterocycles. The van der Waals surface area contributed by atoms with E-state index < -0.39 is 0 Å². The maximum absolute atomic E-state index is 3.63. The van der Waals surface area contributed by atoms with Gasteiger partial charge in [-0.1, -0.05) is 6.08 Å². The van der Waals surface area contributed by atoms with Gasteiger partial charge >= 0.3 is 0 Å². The largest absolute Gasteiger partial charge is 1.00 e. The Morgan fingerprint density at radius 1 is 1.89 bits per heavy atom. The van der Waals surface area contributed by atoms with Crippen LogP contribution in [-0.2, 0) is 21.1 Å². The molecule has 0 saturated heterocycles. The Kier molecular flexibility index (Phi) is 4.71. The van der Waals surface area contributed by atoms with E-state index in [1.165, 1.54) is 5.57 Å². The van der Waals surface area contributed by atoms with Crippen LogP contribution in [0.5, 0.6) is 0 Å². The second-order valence-corrected chi connectivity index (χ2v) is 1.80. The maximum Gasteiger partial charge on any atom is 0 e. The molecule has 50 valence electrons. The Labute approximate surface area is 72.1 Å². The smallest absolute Gasteiger partial charge is 0 e. The van der Waals surface area contributed by atoms with Crippen LogP contribution in [0.4, 0.5) is 0 Å². The monoisotopic (exact) mass is 204 g/mol. The minimum Gasteiger partial charge on any atom is -1.00 e. The maximum atomic E-state index is 3.63. The van der Waals surface area contributed by atoms with E-state index >= 15 is 0 Å². The van der Waals surface area contributed by atoms with Gasteiger partial charge in [-0.05, 0) is 6.42 Å². The summed E-state index contributed by atoms with van der Waals surface area (Å²) in [5, 5.41) is 0.